The van der Waals surface area contributed by atoms with Crippen LogP contribution >= 0.6 is 23.2 Å². The molecule has 0 aromatic carbocycles. The van der Waals surface area contributed by atoms with Gasteiger partial charge in [-0.15, -0.1) is 23.2 Å². The van der Waals surface area contributed by atoms with Crippen LogP contribution in [0.1, 0.15) is 41.1 Å². The molecule has 3 heterocycles. The molecule has 3 aromatic heterocycles. The zero-order valence-corrected chi connectivity index (χ0v) is 29.9. The largest absolute Gasteiger partial charge is 0.360 e. The van der Waals surface area contributed by atoms with Crippen molar-refractivity contribution in [3.05, 3.63) is 47.4 Å². The van der Waals surface area contributed by atoms with E-state index >= 15 is 4.39 Å². The summed E-state index contributed by atoms with van der Waals surface area (Å²) in [6.07, 6.45) is 4.08. The number of pyridine rings is 1. The van der Waals surface area contributed by atoms with Crippen molar-refractivity contribution < 1.29 is 22.9 Å². The first kappa shape index (κ1) is 36.8. The SMILES string of the molecule is Cc1nn(COCC[Si](C)(C)C)c(C)c1-c1ccc(NC(=O)[C@H](CCCC(Cl)Cl)NC(=O)c2ccnn2CCS(C)=O)nc1F. The molecule has 2 amide bonds. The maximum absolute atomic E-state index is 15.4. The first-order chi connectivity index (χ1) is 21.2. The Hall–Kier alpha value is -2.65. The Kier molecular flexibility index (Phi) is 13.7. The molecule has 0 fully saturated rings. The Balaban J connectivity index is 1.74. The number of alkyl halides is 2. The van der Waals surface area contributed by atoms with E-state index in [4.69, 9.17) is 27.9 Å². The lowest BCUT2D eigenvalue weighted by atomic mass is 10.1. The summed E-state index contributed by atoms with van der Waals surface area (Å²) in [4.78, 5) is 29.8. The Morgan fingerprint density at radius 3 is 2.51 bits per heavy atom. The maximum Gasteiger partial charge on any atom is 0.270 e. The number of anilines is 1. The molecule has 2 atom stereocenters. The van der Waals surface area contributed by atoms with E-state index in [2.05, 4.69) is 45.5 Å². The fourth-order valence-corrected chi connectivity index (χ4v) is 6.04. The van der Waals surface area contributed by atoms with E-state index in [1.165, 1.54) is 23.0 Å². The van der Waals surface area contributed by atoms with Gasteiger partial charge in [-0.05, 0) is 57.4 Å². The molecule has 0 saturated heterocycles. The molecule has 45 heavy (non-hydrogen) atoms. The van der Waals surface area contributed by atoms with E-state index in [9.17, 15) is 13.8 Å². The smallest absolute Gasteiger partial charge is 0.270 e. The molecule has 0 aliphatic heterocycles. The van der Waals surface area contributed by atoms with Crippen molar-refractivity contribution in [2.75, 3.05) is 23.9 Å². The minimum atomic E-state index is -1.23. The van der Waals surface area contributed by atoms with Crippen LogP contribution in [0.25, 0.3) is 11.1 Å². The summed E-state index contributed by atoms with van der Waals surface area (Å²) in [6.45, 7) is 11.7. The molecule has 0 saturated carbocycles. The average Bonchev–Trinajstić information content (AvgIpc) is 3.52. The summed E-state index contributed by atoms with van der Waals surface area (Å²) in [5.74, 6) is -1.59. The van der Waals surface area contributed by atoms with Gasteiger partial charge < -0.3 is 15.4 Å². The molecule has 3 rings (SSSR count). The lowest BCUT2D eigenvalue weighted by Crippen LogP contribution is -2.44. The van der Waals surface area contributed by atoms with Gasteiger partial charge in [-0.25, -0.2) is 9.67 Å². The fourth-order valence-electron chi connectivity index (χ4n) is 4.54. The van der Waals surface area contributed by atoms with Gasteiger partial charge >= 0.3 is 0 Å². The van der Waals surface area contributed by atoms with Crippen molar-refractivity contribution in [3.63, 3.8) is 0 Å². The number of hydrogen-bond donors (Lipinski definition) is 2. The lowest BCUT2D eigenvalue weighted by molar-refractivity contribution is -0.118. The minimum Gasteiger partial charge on any atom is -0.360 e. The van der Waals surface area contributed by atoms with Gasteiger partial charge in [-0.1, -0.05) is 19.6 Å². The van der Waals surface area contributed by atoms with Crippen molar-refractivity contribution in [1.29, 1.82) is 0 Å². The summed E-state index contributed by atoms with van der Waals surface area (Å²) >= 11 is 11.7. The van der Waals surface area contributed by atoms with Crippen molar-refractivity contribution in [3.8, 4) is 11.1 Å². The van der Waals surface area contributed by atoms with E-state index in [1.807, 2.05) is 6.92 Å². The number of hydrogen-bond acceptors (Lipinski definition) is 7. The van der Waals surface area contributed by atoms with Gasteiger partial charge in [0.15, 0.2) is 0 Å². The third-order valence-corrected chi connectivity index (χ3v) is 9.94. The van der Waals surface area contributed by atoms with Gasteiger partial charge in [0, 0.05) is 60.5 Å². The molecule has 0 aliphatic rings. The third kappa shape index (κ3) is 11.3. The van der Waals surface area contributed by atoms with Crippen LogP contribution in [0, 0.1) is 19.8 Å². The van der Waals surface area contributed by atoms with Gasteiger partial charge in [0.05, 0.1) is 12.2 Å². The predicted octanol–water partition coefficient (Wildman–Crippen LogP) is 5.30. The van der Waals surface area contributed by atoms with E-state index in [1.54, 1.807) is 23.9 Å². The van der Waals surface area contributed by atoms with Gasteiger partial charge in [-0.2, -0.15) is 14.6 Å². The highest BCUT2D eigenvalue weighted by Crippen LogP contribution is 2.29. The highest BCUT2D eigenvalue weighted by Gasteiger charge is 2.25. The predicted molar refractivity (Wildman–Crippen MR) is 179 cm³/mol. The molecule has 248 valence electrons. The second-order valence-electron chi connectivity index (χ2n) is 12.0. The van der Waals surface area contributed by atoms with Gasteiger partial charge in [-0.3, -0.25) is 18.5 Å². The number of aromatic nitrogens is 5. The lowest BCUT2D eigenvalue weighted by Gasteiger charge is -2.19. The second-order valence-corrected chi connectivity index (χ2v) is 20.4. The molecule has 0 radical (unpaired) electrons. The Bertz CT molecular complexity index is 1500. The number of ether oxygens (including phenoxy) is 1. The molecule has 3 aromatic rings. The van der Waals surface area contributed by atoms with Crippen LogP contribution in [0.15, 0.2) is 24.4 Å². The summed E-state index contributed by atoms with van der Waals surface area (Å²) in [6, 6.07) is 4.59. The Morgan fingerprint density at radius 2 is 1.87 bits per heavy atom. The van der Waals surface area contributed by atoms with Crippen LogP contribution in [-0.4, -0.2) is 78.1 Å². The number of halogens is 3. The number of amides is 2. The van der Waals surface area contributed by atoms with Crippen LogP contribution in [0.4, 0.5) is 10.2 Å². The fraction of sp³-hybridized carbons (Fsp3) is 0.552. The van der Waals surface area contributed by atoms with E-state index in [0.29, 0.717) is 36.5 Å². The molecule has 16 heteroatoms. The molecule has 0 bridgehead atoms. The number of nitrogens with one attached hydrogen (secondary N) is 2. The van der Waals surface area contributed by atoms with Crippen LogP contribution in [0.3, 0.4) is 0 Å². The number of carbonyl (C=O) groups excluding carboxylic acids is 2. The Labute approximate surface area is 277 Å². The minimum absolute atomic E-state index is 0.0130. The van der Waals surface area contributed by atoms with Gasteiger partial charge in [0.2, 0.25) is 11.9 Å². The zero-order valence-electron chi connectivity index (χ0n) is 26.5. The average molecular weight is 703 g/mol. The van der Waals surface area contributed by atoms with Crippen molar-refractivity contribution in [2.45, 2.75) is 82.9 Å². The summed E-state index contributed by atoms with van der Waals surface area (Å²) in [5, 5.41) is 14.0. The highest BCUT2D eigenvalue weighted by atomic mass is 35.5. The molecular formula is C29H42Cl2FN7O4SSi. The zero-order chi connectivity index (χ0) is 33.3. The van der Waals surface area contributed by atoms with Crippen molar-refractivity contribution >= 4 is 59.7 Å². The first-order valence-corrected chi connectivity index (χ1v) is 21.0. The summed E-state index contributed by atoms with van der Waals surface area (Å²) < 4.78 is 35.9. The molecule has 0 aliphatic carbocycles. The number of nitrogens with zero attached hydrogens (tertiary/aromatic N) is 5. The van der Waals surface area contributed by atoms with Crippen molar-refractivity contribution in [1.82, 2.24) is 29.9 Å². The van der Waals surface area contributed by atoms with Crippen LogP contribution in [-0.2, 0) is 33.6 Å². The number of rotatable bonds is 17. The molecular weight excluding hydrogens is 660 g/mol. The van der Waals surface area contributed by atoms with Crippen LogP contribution in [0.5, 0.6) is 0 Å². The van der Waals surface area contributed by atoms with Crippen LogP contribution < -0.4 is 10.6 Å². The van der Waals surface area contributed by atoms with Crippen LogP contribution in [0.2, 0.25) is 25.7 Å². The standard InChI is InChI=1S/C29H42Cl2FN7O4SSi/c1-19-26(20(2)39(37-19)18-43-15-17-45(4,5)6)21-10-11-25(35-27(21)32)36-28(40)22(8-7-9-24(30)31)34-29(41)23-12-13-33-38(23)14-16-44(3)42/h10-13,22,24H,7-9,14-18H2,1-6H3,(H,34,41)(H,35,36,40)/t22-,44?/m0/s1. The monoisotopic (exact) mass is 701 g/mol. The highest BCUT2D eigenvalue weighted by molar-refractivity contribution is 7.84. The molecule has 0 spiro atoms. The van der Waals surface area contributed by atoms with E-state index in [0.717, 1.165) is 11.7 Å². The third-order valence-electron chi connectivity index (χ3n) is 7.04. The van der Waals surface area contributed by atoms with Gasteiger partial charge in [0.25, 0.3) is 5.91 Å². The van der Waals surface area contributed by atoms with E-state index in [-0.39, 0.29) is 36.8 Å². The summed E-state index contributed by atoms with van der Waals surface area (Å²) in [7, 11) is -2.30. The molecule has 11 nitrogen and oxygen atoms in total. The second kappa shape index (κ2) is 16.8. The van der Waals surface area contributed by atoms with Crippen molar-refractivity contribution in [2.24, 2.45) is 0 Å². The topological polar surface area (TPSA) is 133 Å². The quantitative estimate of drug-likeness (QED) is 0.0845. The maximum atomic E-state index is 15.4. The Morgan fingerprint density at radius 1 is 1.13 bits per heavy atom. The summed E-state index contributed by atoms with van der Waals surface area (Å²) in [5.41, 5.74) is 2.44. The molecule has 2 N–H and O–H groups in total. The van der Waals surface area contributed by atoms with E-state index < -0.39 is 47.5 Å². The number of aryl methyl sites for hydroxylation is 2. The van der Waals surface area contributed by atoms with Gasteiger partial charge in [0.1, 0.15) is 29.1 Å². The molecule has 1 unspecified atom stereocenters. The number of carbonyl (C=O) groups is 2. The normalized spacial score (nSPS) is 13.2. The first-order valence-electron chi connectivity index (χ1n) is 14.7.